The zero-order valence-corrected chi connectivity index (χ0v) is 14.1. The fourth-order valence-electron chi connectivity index (χ4n) is 3.55. The molecule has 0 aromatic carbocycles. The van der Waals surface area contributed by atoms with Crippen LogP contribution in [-0.4, -0.2) is 20.0 Å². The summed E-state index contributed by atoms with van der Waals surface area (Å²) in [5, 5.41) is 11.5. The summed E-state index contributed by atoms with van der Waals surface area (Å²) in [6.07, 6.45) is 10.9. The minimum Gasteiger partial charge on any atom is -0.325 e. The molecule has 0 bridgehead atoms. The van der Waals surface area contributed by atoms with Crippen molar-refractivity contribution in [2.75, 3.05) is 0 Å². The van der Waals surface area contributed by atoms with Gasteiger partial charge in [-0.2, -0.15) is 4.68 Å². The molecule has 0 amide bonds. The number of aromatic nitrogens is 4. The Morgan fingerprint density at radius 2 is 2.14 bits per heavy atom. The summed E-state index contributed by atoms with van der Waals surface area (Å²) in [7, 11) is 0. The largest absolute Gasteiger partial charge is 0.325 e. The Kier molecular flexibility index (Phi) is 5.20. The van der Waals surface area contributed by atoms with Crippen molar-refractivity contribution in [2.24, 2.45) is 11.7 Å². The number of thiazole rings is 1. The Morgan fingerprint density at radius 3 is 2.77 bits per heavy atom. The first-order valence-corrected chi connectivity index (χ1v) is 9.25. The van der Waals surface area contributed by atoms with Gasteiger partial charge in [-0.25, -0.2) is 4.98 Å². The maximum Gasteiger partial charge on any atom is 0.211 e. The summed E-state index contributed by atoms with van der Waals surface area (Å²) >= 11 is 1.60. The van der Waals surface area contributed by atoms with Gasteiger partial charge in [0.1, 0.15) is 5.69 Å². The molecule has 120 valence electrons. The maximum atomic E-state index is 5.88. The van der Waals surface area contributed by atoms with E-state index in [1.807, 2.05) is 16.3 Å². The lowest BCUT2D eigenvalue weighted by atomic mass is 9.78. The molecule has 0 saturated heterocycles. The molecule has 3 rings (SSSR count). The molecule has 2 aromatic rings. The van der Waals surface area contributed by atoms with E-state index in [0.717, 1.165) is 16.7 Å². The number of nitrogens with zero attached hydrogens (tertiary/aromatic N) is 4. The summed E-state index contributed by atoms with van der Waals surface area (Å²) in [6, 6.07) is 0. The summed E-state index contributed by atoms with van der Waals surface area (Å²) in [5.41, 5.74) is 8.02. The second-order valence-electron chi connectivity index (χ2n) is 6.21. The van der Waals surface area contributed by atoms with E-state index in [9.17, 15) is 0 Å². The molecule has 1 fully saturated rings. The van der Waals surface area contributed by atoms with Gasteiger partial charge in [0, 0.05) is 24.0 Å². The molecule has 2 aromatic heterocycles. The minimum atomic E-state index is 0.455. The van der Waals surface area contributed by atoms with Crippen molar-refractivity contribution in [3.05, 3.63) is 23.0 Å². The van der Waals surface area contributed by atoms with Gasteiger partial charge in [-0.05, 0) is 31.6 Å². The van der Waals surface area contributed by atoms with E-state index in [2.05, 4.69) is 22.2 Å². The molecule has 22 heavy (non-hydrogen) atoms. The normalized spacial score (nSPS) is 22.1. The van der Waals surface area contributed by atoms with Crippen molar-refractivity contribution in [1.82, 2.24) is 20.0 Å². The third-order valence-electron chi connectivity index (χ3n) is 4.77. The molecular formula is C16H25N5S. The van der Waals surface area contributed by atoms with Crippen LogP contribution < -0.4 is 5.73 Å². The lowest BCUT2D eigenvalue weighted by Gasteiger charge is -2.28. The Balaban J connectivity index is 1.76. The monoisotopic (exact) mass is 319 g/mol. The summed E-state index contributed by atoms with van der Waals surface area (Å²) in [5.74, 6) is 1.43. The quantitative estimate of drug-likeness (QED) is 0.882. The molecule has 2 N–H and O–H groups in total. The van der Waals surface area contributed by atoms with Gasteiger partial charge in [0.25, 0.3) is 0 Å². The van der Waals surface area contributed by atoms with Crippen LogP contribution in [0.3, 0.4) is 0 Å². The van der Waals surface area contributed by atoms with Crippen molar-refractivity contribution in [3.8, 4) is 5.13 Å². The predicted octanol–water partition coefficient (Wildman–Crippen LogP) is 3.65. The van der Waals surface area contributed by atoms with Gasteiger partial charge in [0.15, 0.2) is 0 Å². The molecule has 0 spiro atoms. The summed E-state index contributed by atoms with van der Waals surface area (Å²) < 4.78 is 1.92. The number of unbranched alkanes of at least 4 members (excludes halogenated alkanes) is 1. The topological polar surface area (TPSA) is 69.6 Å². The smallest absolute Gasteiger partial charge is 0.211 e. The SMILES string of the molecule is CCCCC1CCC(c2c(CN)nnn2-c2nccs2)CC1. The van der Waals surface area contributed by atoms with Gasteiger partial charge >= 0.3 is 0 Å². The molecule has 0 aliphatic heterocycles. The van der Waals surface area contributed by atoms with Crippen LogP contribution in [0.25, 0.3) is 5.13 Å². The van der Waals surface area contributed by atoms with Crippen LogP contribution in [0.15, 0.2) is 11.6 Å². The molecule has 6 heteroatoms. The summed E-state index contributed by atoms with van der Waals surface area (Å²) in [6.45, 7) is 2.73. The zero-order valence-electron chi connectivity index (χ0n) is 13.2. The van der Waals surface area contributed by atoms with E-state index in [1.165, 1.54) is 50.6 Å². The van der Waals surface area contributed by atoms with E-state index in [4.69, 9.17) is 5.73 Å². The highest BCUT2D eigenvalue weighted by Crippen LogP contribution is 2.39. The second kappa shape index (κ2) is 7.33. The van der Waals surface area contributed by atoms with Gasteiger partial charge in [-0.3, -0.25) is 0 Å². The van der Waals surface area contributed by atoms with Crippen molar-refractivity contribution in [2.45, 2.75) is 64.3 Å². The van der Waals surface area contributed by atoms with Crippen LogP contribution in [-0.2, 0) is 6.54 Å². The van der Waals surface area contributed by atoms with Crippen molar-refractivity contribution in [1.29, 1.82) is 0 Å². The lowest BCUT2D eigenvalue weighted by Crippen LogP contribution is -2.18. The minimum absolute atomic E-state index is 0.455. The van der Waals surface area contributed by atoms with Gasteiger partial charge in [-0.1, -0.05) is 31.4 Å². The first-order valence-electron chi connectivity index (χ1n) is 8.37. The number of nitrogens with two attached hydrogens (primary N) is 1. The van der Waals surface area contributed by atoms with Gasteiger partial charge < -0.3 is 5.73 Å². The highest BCUT2D eigenvalue weighted by molar-refractivity contribution is 7.12. The molecule has 1 aliphatic carbocycles. The van der Waals surface area contributed by atoms with Crippen molar-refractivity contribution in [3.63, 3.8) is 0 Å². The lowest BCUT2D eigenvalue weighted by molar-refractivity contribution is 0.299. The number of rotatable bonds is 6. The Labute approximate surface area is 135 Å². The molecular weight excluding hydrogens is 294 g/mol. The fraction of sp³-hybridized carbons (Fsp3) is 0.688. The maximum absolute atomic E-state index is 5.88. The van der Waals surface area contributed by atoms with Gasteiger partial charge in [0.2, 0.25) is 5.13 Å². The van der Waals surface area contributed by atoms with Gasteiger partial charge in [0.05, 0.1) is 5.69 Å². The second-order valence-corrected chi connectivity index (χ2v) is 7.08. The highest BCUT2D eigenvalue weighted by Gasteiger charge is 2.28. The average Bonchev–Trinajstić information content (AvgIpc) is 3.22. The molecule has 0 unspecified atom stereocenters. The van der Waals surface area contributed by atoms with Crippen LogP contribution in [0, 0.1) is 5.92 Å². The molecule has 5 nitrogen and oxygen atoms in total. The first kappa shape index (κ1) is 15.6. The number of hydrogen-bond acceptors (Lipinski definition) is 5. The van der Waals surface area contributed by atoms with E-state index >= 15 is 0 Å². The van der Waals surface area contributed by atoms with Crippen molar-refractivity contribution < 1.29 is 0 Å². The molecule has 0 atom stereocenters. The van der Waals surface area contributed by atoms with Crippen LogP contribution in [0.1, 0.15) is 69.2 Å². The predicted molar refractivity (Wildman–Crippen MR) is 89.1 cm³/mol. The van der Waals surface area contributed by atoms with Crippen LogP contribution in [0.2, 0.25) is 0 Å². The average molecular weight is 319 g/mol. The molecule has 1 aliphatic rings. The molecule has 2 heterocycles. The Bertz CT molecular complexity index is 569. The Hall–Kier alpha value is -1.27. The van der Waals surface area contributed by atoms with E-state index in [0.29, 0.717) is 12.5 Å². The standard InChI is InChI=1S/C16H25N5S/c1-2-3-4-12-5-7-13(8-6-12)15-14(11-17)19-20-21(15)16-18-9-10-22-16/h9-10,12-13H,2-8,11,17H2,1H3. The van der Waals surface area contributed by atoms with Gasteiger partial charge in [-0.15, -0.1) is 16.4 Å². The van der Waals surface area contributed by atoms with Crippen LogP contribution in [0.4, 0.5) is 0 Å². The zero-order chi connectivity index (χ0) is 15.4. The van der Waals surface area contributed by atoms with E-state index in [1.54, 1.807) is 11.3 Å². The Morgan fingerprint density at radius 1 is 1.32 bits per heavy atom. The third kappa shape index (κ3) is 3.22. The third-order valence-corrected chi connectivity index (χ3v) is 5.52. The van der Waals surface area contributed by atoms with E-state index in [-0.39, 0.29) is 0 Å². The molecule has 1 saturated carbocycles. The highest BCUT2D eigenvalue weighted by atomic mass is 32.1. The van der Waals surface area contributed by atoms with Crippen molar-refractivity contribution >= 4 is 11.3 Å². The number of hydrogen-bond donors (Lipinski definition) is 1. The first-order chi connectivity index (χ1) is 10.8. The van der Waals surface area contributed by atoms with Crippen LogP contribution in [0.5, 0.6) is 0 Å². The summed E-state index contributed by atoms with van der Waals surface area (Å²) in [4.78, 5) is 4.38. The van der Waals surface area contributed by atoms with Crippen LogP contribution >= 0.6 is 11.3 Å². The fourth-order valence-corrected chi connectivity index (χ4v) is 4.15. The molecule has 0 radical (unpaired) electrons. The van der Waals surface area contributed by atoms with E-state index < -0.39 is 0 Å².